The van der Waals surface area contributed by atoms with Crippen molar-refractivity contribution in [2.75, 3.05) is 5.73 Å². The van der Waals surface area contributed by atoms with E-state index in [1.54, 1.807) is 24.5 Å². The second-order valence-corrected chi connectivity index (χ2v) is 3.37. The molecule has 1 heterocycles. The summed E-state index contributed by atoms with van der Waals surface area (Å²) in [5.41, 5.74) is 13.6. The number of hydrogen-bond acceptors (Lipinski definition) is 3. The molecule has 0 saturated heterocycles. The number of nitrogens with two attached hydrogens (primary N) is 2. The van der Waals surface area contributed by atoms with Crippen LogP contribution in [0.15, 0.2) is 42.7 Å². The van der Waals surface area contributed by atoms with Gasteiger partial charge in [0.15, 0.2) is 0 Å². The van der Waals surface area contributed by atoms with E-state index in [2.05, 4.69) is 4.98 Å². The lowest BCUT2D eigenvalue weighted by Gasteiger charge is -2.08. The fourth-order valence-corrected chi connectivity index (χ4v) is 1.56. The summed E-state index contributed by atoms with van der Waals surface area (Å²) in [6.45, 7) is 0. The van der Waals surface area contributed by atoms with Crippen molar-refractivity contribution in [2.45, 2.75) is 0 Å². The molecular weight excluding hydrogens is 202 g/mol. The topological polar surface area (TPSA) is 82.0 Å². The Morgan fingerprint density at radius 1 is 1.12 bits per heavy atom. The molecule has 0 fully saturated rings. The van der Waals surface area contributed by atoms with E-state index in [1.807, 2.05) is 18.2 Å². The molecule has 0 unspecified atom stereocenters. The van der Waals surface area contributed by atoms with Gasteiger partial charge in [0.2, 0.25) is 0 Å². The largest absolute Gasteiger partial charge is 0.398 e. The number of aromatic nitrogens is 1. The van der Waals surface area contributed by atoms with E-state index in [4.69, 9.17) is 11.5 Å². The summed E-state index contributed by atoms with van der Waals surface area (Å²) in [6, 6.07) is 8.87. The number of carbonyl (C=O) groups excluding carboxylic acids is 1. The number of amides is 1. The molecule has 0 aliphatic rings. The normalized spacial score (nSPS) is 10.0. The van der Waals surface area contributed by atoms with Crippen molar-refractivity contribution < 1.29 is 4.79 Å². The lowest BCUT2D eigenvalue weighted by molar-refractivity contribution is 0.100. The first kappa shape index (κ1) is 10.2. The minimum absolute atomic E-state index is 0.342. The molecule has 1 aromatic heterocycles. The van der Waals surface area contributed by atoms with E-state index in [1.165, 1.54) is 0 Å². The van der Waals surface area contributed by atoms with Gasteiger partial charge in [0.05, 0.1) is 11.3 Å². The molecule has 1 amide bonds. The predicted molar refractivity (Wildman–Crippen MR) is 62.6 cm³/mol. The summed E-state index contributed by atoms with van der Waals surface area (Å²) in [7, 11) is 0. The van der Waals surface area contributed by atoms with E-state index in [0.29, 0.717) is 11.3 Å². The SMILES string of the molecule is NC(=O)c1cccc(-c2ccncc2)c1N. The fraction of sp³-hybridized carbons (Fsp3) is 0. The van der Waals surface area contributed by atoms with Crippen molar-refractivity contribution in [2.24, 2.45) is 5.73 Å². The molecule has 0 aliphatic heterocycles. The Morgan fingerprint density at radius 2 is 1.81 bits per heavy atom. The van der Waals surface area contributed by atoms with Crippen molar-refractivity contribution in [1.29, 1.82) is 0 Å². The van der Waals surface area contributed by atoms with Gasteiger partial charge < -0.3 is 11.5 Å². The van der Waals surface area contributed by atoms with Crippen LogP contribution in [0, 0.1) is 0 Å². The van der Waals surface area contributed by atoms with Gasteiger partial charge in [0.1, 0.15) is 0 Å². The number of rotatable bonds is 2. The minimum Gasteiger partial charge on any atom is -0.398 e. The van der Waals surface area contributed by atoms with Crippen LogP contribution >= 0.6 is 0 Å². The van der Waals surface area contributed by atoms with Gasteiger partial charge in [-0.3, -0.25) is 9.78 Å². The van der Waals surface area contributed by atoms with Crippen LogP contribution in [0.4, 0.5) is 5.69 Å². The standard InChI is InChI=1S/C12H11N3O/c13-11-9(8-4-6-15-7-5-8)2-1-3-10(11)12(14)16/h1-7H,13H2,(H2,14,16). The summed E-state index contributed by atoms with van der Waals surface area (Å²) in [5.74, 6) is -0.520. The Morgan fingerprint density at radius 3 is 2.44 bits per heavy atom. The zero-order valence-corrected chi connectivity index (χ0v) is 8.55. The van der Waals surface area contributed by atoms with Crippen LogP contribution in [-0.4, -0.2) is 10.9 Å². The van der Waals surface area contributed by atoms with E-state index < -0.39 is 5.91 Å². The molecule has 4 heteroatoms. The van der Waals surface area contributed by atoms with Gasteiger partial charge in [0, 0.05) is 18.0 Å². The number of primary amides is 1. The van der Waals surface area contributed by atoms with Crippen molar-refractivity contribution in [3.05, 3.63) is 48.3 Å². The molecule has 0 aliphatic carbocycles. The number of para-hydroxylation sites is 1. The summed E-state index contributed by atoms with van der Waals surface area (Å²) in [6.07, 6.45) is 3.34. The van der Waals surface area contributed by atoms with Crippen molar-refractivity contribution >= 4 is 11.6 Å². The van der Waals surface area contributed by atoms with Crippen molar-refractivity contribution in [3.8, 4) is 11.1 Å². The molecule has 0 radical (unpaired) electrons. The van der Waals surface area contributed by atoms with E-state index in [-0.39, 0.29) is 0 Å². The van der Waals surface area contributed by atoms with Gasteiger partial charge in [-0.1, -0.05) is 12.1 Å². The number of nitrogen functional groups attached to an aromatic ring is 1. The number of benzene rings is 1. The van der Waals surface area contributed by atoms with Gasteiger partial charge in [-0.05, 0) is 23.8 Å². The van der Waals surface area contributed by atoms with Crippen LogP contribution < -0.4 is 11.5 Å². The molecule has 80 valence electrons. The first-order chi connectivity index (χ1) is 7.70. The quantitative estimate of drug-likeness (QED) is 0.740. The highest BCUT2D eigenvalue weighted by molar-refractivity contribution is 6.01. The lowest BCUT2D eigenvalue weighted by atomic mass is 10.0. The molecule has 1 aromatic carbocycles. The summed E-state index contributed by atoms with van der Waals surface area (Å²) >= 11 is 0. The Balaban J connectivity index is 2.59. The summed E-state index contributed by atoms with van der Waals surface area (Å²) < 4.78 is 0. The molecular formula is C12H11N3O. The smallest absolute Gasteiger partial charge is 0.250 e. The third-order valence-electron chi connectivity index (χ3n) is 2.36. The van der Waals surface area contributed by atoms with E-state index in [0.717, 1.165) is 11.1 Å². The molecule has 2 aromatic rings. The molecule has 2 rings (SSSR count). The molecule has 0 bridgehead atoms. The Hall–Kier alpha value is -2.36. The number of anilines is 1. The molecule has 4 N–H and O–H groups in total. The van der Waals surface area contributed by atoms with Gasteiger partial charge in [0.25, 0.3) is 5.91 Å². The van der Waals surface area contributed by atoms with Gasteiger partial charge in [-0.25, -0.2) is 0 Å². The van der Waals surface area contributed by atoms with Crippen LogP contribution in [0.25, 0.3) is 11.1 Å². The maximum absolute atomic E-state index is 11.1. The highest BCUT2D eigenvalue weighted by Gasteiger charge is 2.10. The molecule has 16 heavy (non-hydrogen) atoms. The first-order valence-electron chi connectivity index (χ1n) is 4.79. The Bertz CT molecular complexity index is 523. The monoisotopic (exact) mass is 213 g/mol. The van der Waals surface area contributed by atoms with Gasteiger partial charge in [-0.15, -0.1) is 0 Å². The lowest BCUT2D eigenvalue weighted by Crippen LogP contribution is -2.13. The van der Waals surface area contributed by atoms with Crippen LogP contribution in [-0.2, 0) is 0 Å². The van der Waals surface area contributed by atoms with E-state index >= 15 is 0 Å². The maximum Gasteiger partial charge on any atom is 0.250 e. The Kier molecular flexibility index (Phi) is 2.55. The summed E-state index contributed by atoms with van der Waals surface area (Å²) in [5, 5.41) is 0. The maximum atomic E-state index is 11.1. The second-order valence-electron chi connectivity index (χ2n) is 3.37. The second kappa shape index (κ2) is 4.02. The number of hydrogen-bond donors (Lipinski definition) is 2. The van der Waals surface area contributed by atoms with Gasteiger partial charge in [-0.2, -0.15) is 0 Å². The van der Waals surface area contributed by atoms with Gasteiger partial charge >= 0.3 is 0 Å². The molecule has 0 atom stereocenters. The van der Waals surface area contributed by atoms with E-state index in [9.17, 15) is 4.79 Å². The highest BCUT2D eigenvalue weighted by atomic mass is 16.1. The average molecular weight is 213 g/mol. The summed E-state index contributed by atoms with van der Waals surface area (Å²) in [4.78, 5) is 15.1. The van der Waals surface area contributed by atoms with Crippen molar-refractivity contribution in [3.63, 3.8) is 0 Å². The number of carbonyl (C=O) groups is 1. The van der Waals surface area contributed by atoms with Crippen LogP contribution in [0.5, 0.6) is 0 Å². The first-order valence-corrected chi connectivity index (χ1v) is 4.79. The van der Waals surface area contributed by atoms with Crippen LogP contribution in [0.3, 0.4) is 0 Å². The molecule has 0 spiro atoms. The molecule has 4 nitrogen and oxygen atoms in total. The fourth-order valence-electron chi connectivity index (χ4n) is 1.56. The molecule has 0 saturated carbocycles. The third-order valence-corrected chi connectivity index (χ3v) is 2.36. The number of pyridine rings is 1. The zero-order chi connectivity index (χ0) is 11.5. The van der Waals surface area contributed by atoms with Crippen molar-refractivity contribution in [1.82, 2.24) is 4.98 Å². The number of nitrogens with zero attached hydrogens (tertiary/aromatic N) is 1. The Labute approximate surface area is 92.9 Å². The van der Waals surface area contributed by atoms with Crippen LogP contribution in [0.1, 0.15) is 10.4 Å². The zero-order valence-electron chi connectivity index (χ0n) is 8.55. The highest BCUT2D eigenvalue weighted by Crippen LogP contribution is 2.27. The predicted octanol–water partition coefficient (Wildman–Crippen LogP) is 1.43. The third kappa shape index (κ3) is 1.72. The average Bonchev–Trinajstić information content (AvgIpc) is 2.30. The minimum atomic E-state index is -0.520. The van der Waals surface area contributed by atoms with Crippen LogP contribution in [0.2, 0.25) is 0 Å².